The van der Waals surface area contributed by atoms with Crippen molar-refractivity contribution >= 4 is 29.1 Å². The van der Waals surface area contributed by atoms with E-state index >= 15 is 0 Å². The fraction of sp³-hybridized carbons (Fsp3) is 0.263. The minimum absolute atomic E-state index is 0.160. The van der Waals surface area contributed by atoms with Gasteiger partial charge in [-0.1, -0.05) is 17.7 Å². The molecular weight excluding hydrogens is 343 g/mol. The third-order valence-corrected chi connectivity index (χ3v) is 4.70. The van der Waals surface area contributed by atoms with Crippen molar-refractivity contribution in [2.24, 2.45) is 0 Å². The zero-order valence-electron chi connectivity index (χ0n) is 14.0. The van der Waals surface area contributed by atoms with Crippen LogP contribution in [0.5, 0.6) is 0 Å². The van der Waals surface area contributed by atoms with Gasteiger partial charge in [0.15, 0.2) is 0 Å². The Balaban J connectivity index is 1.83. The predicted molar refractivity (Wildman–Crippen MR) is 95.4 cm³/mol. The lowest BCUT2D eigenvalue weighted by Gasteiger charge is -2.39. The second-order valence-electron chi connectivity index (χ2n) is 6.10. The summed E-state index contributed by atoms with van der Waals surface area (Å²) < 4.78 is 13.0. The van der Waals surface area contributed by atoms with Crippen LogP contribution in [0.1, 0.15) is 22.8 Å². The molecule has 1 heterocycles. The van der Waals surface area contributed by atoms with Crippen LogP contribution in [0.3, 0.4) is 0 Å². The maximum absolute atomic E-state index is 13.0. The molecule has 1 aliphatic heterocycles. The van der Waals surface area contributed by atoms with Crippen molar-refractivity contribution in [1.82, 2.24) is 4.90 Å². The van der Waals surface area contributed by atoms with Gasteiger partial charge in [0, 0.05) is 29.4 Å². The van der Waals surface area contributed by atoms with Crippen LogP contribution < -0.4 is 4.90 Å². The molecule has 1 saturated heterocycles. The van der Waals surface area contributed by atoms with E-state index in [9.17, 15) is 14.0 Å². The molecule has 2 amide bonds. The van der Waals surface area contributed by atoms with Crippen LogP contribution in [0, 0.1) is 12.7 Å². The molecule has 0 aromatic heterocycles. The molecular formula is C19H18ClFN2O2. The average molecular weight is 361 g/mol. The molecule has 6 heteroatoms. The van der Waals surface area contributed by atoms with E-state index in [0.717, 1.165) is 11.3 Å². The Kier molecular flexibility index (Phi) is 4.77. The van der Waals surface area contributed by atoms with Gasteiger partial charge in [0.05, 0.1) is 0 Å². The molecule has 0 N–H and O–H groups in total. The summed E-state index contributed by atoms with van der Waals surface area (Å²) in [6, 6.07) is 10.2. The average Bonchev–Trinajstić information content (AvgIpc) is 2.60. The lowest BCUT2D eigenvalue weighted by molar-refractivity contribution is -0.124. The summed E-state index contributed by atoms with van der Waals surface area (Å²) in [6.45, 7) is 4.40. The summed E-state index contributed by atoms with van der Waals surface area (Å²) >= 11 is 6.06. The fourth-order valence-corrected chi connectivity index (χ4v) is 3.18. The Morgan fingerprint density at radius 1 is 1.16 bits per heavy atom. The highest BCUT2D eigenvalue weighted by Crippen LogP contribution is 2.27. The van der Waals surface area contributed by atoms with Crippen molar-refractivity contribution in [2.45, 2.75) is 19.9 Å². The summed E-state index contributed by atoms with van der Waals surface area (Å²) in [7, 11) is 0. The highest BCUT2D eigenvalue weighted by molar-refractivity contribution is 6.31. The maximum Gasteiger partial charge on any atom is 0.254 e. The molecule has 2 aromatic carbocycles. The number of hydrogen-bond acceptors (Lipinski definition) is 2. The van der Waals surface area contributed by atoms with Crippen molar-refractivity contribution in [1.29, 1.82) is 0 Å². The zero-order valence-corrected chi connectivity index (χ0v) is 14.8. The summed E-state index contributed by atoms with van der Waals surface area (Å²) in [5.41, 5.74) is 2.08. The highest BCUT2D eigenvalue weighted by Gasteiger charge is 2.35. The van der Waals surface area contributed by atoms with Gasteiger partial charge in [0.1, 0.15) is 11.9 Å². The number of hydrogen-bond donors (Lipinski definition) is 0. The van der Waals surface area contributed by atoms with Crippen molar-refractivity contribution < 1.29 is 14.0 Å². The first-order chi connectivity index (χ1) is 11.9. The van der Waals surface area contributed by atoms with E-state index in [4.69, 9.17) is 11.6 Å². The number of nitrogens with zero attached hydrogens (tertiary/aromatic N) is 2. The van der Waals surface area contributed by atoms with E-state index in [2.05, 4.69) is 0 Å². The van der Waals surface area contributed by atoms with Gasteiger partial charge in [0.2, 0.25) is 5.91 Å². The number of amides is 2. The number of carbonyl (C=O) groups is 2. The van der Waals surface area contributed by atoms with Gasteiger partial charge in [-0.15, -0.1) is 0 Å². The zero-order chi connectivity index (χ0) is 18.1. The van der Waals surface area contributed by atoms with Gasteiger partial charge in [-0.05, 0) is 55.8 Å². The Morgan fingerprint density at radius 3 is 2.52 bits per heavy atom. The SMILES string of the molecule is Cc1ccc(Cl)cc1N1CCN(C(=O)c2ccc(F)cc2)[C@@H](C)C1=O. The lowest BCUT2D eigenvalue weighted by Crippen LogP contribution is -2.57. The third kappa shape index (κ3) is 3.37. The quantitative estimate of drug-likeness (QED) is 0.820. The predicted octanol–water partition coefficient (Wildman–Crippen LogP) is 3.67. The van der Waals surface area contributed by atoms with Crippen LogP contribution in [0.15, 0.2) is 42.5 Å². The second kappa shape index (κ2) is 6.84. The van der Waals surface area contributed by atoms with Crippen molar-refractivity contribution in [2.75, 3.05) is 18.0 Å². The topological polar surface area (TPSA) is 40.6 Å². The Hall–Kier alpha value is -2.40. The van der Waals surface area contributed by atoms with E-state index in [0.29, 0.717) is 23.7 Å². The van der Waals surface area contributed by atoms with Crippen LogP contribution in [-0.2, 0) is 4.79 Å². The number of anilines is 1. The molecule has 25 heavy (non-hydrogen) atoms. The molecule has 2 aromatic rings. The molecule has 0 bridgehead atoms. The largest absolute Gasteiger partial charge is 0.325 e. The standard InChI is InChI=1S/C19H18ClFN2O2/c1-12-3-6-15(20)11-17(12)23-10-9-22(13(2)18(23)24)19(25)14-4-7-16(21)8-5-14/h3-8,11,13H,9-10H2,1-2H3/t13-/m0/s1. The molecule has 0 radical (unpaired) electrons. The van der Waals surface area contributed by atoms with Crippen LogP contribution in [0.25, 0.3) is 0 Å². The molecule has 1 aliphatic rings. The number of benzene rings is 2. The van der Waals surface area contributed by atoms with E-state index in [1.54, 1.807) is 24.0 Å². The molecule has 0 unspecified atom stereocenters. The number of aryl methyl sites for hydroxylation is 1. The van der Waals surface area contributed by atoms with Gasteiger partial charge in [-0.25, -0.2) is 4.39 Å². The maximum atomic E-state index is 13.0. The minimum atomic E-state index is -0.607. The van der Waals surface area contributed by atoms with E-state index in [1.165, 1.54) is 29.2 Å². The van der Waals surface area contributed by atoms with E-state index < -0.39 is 11.9 Å². The summed E-state index contributed by atoms with van der Waals surface area (Å²) in [4.78, 5) is 28.6. The van der Waals surface area contributed by atoms with Crippen LogP contribution in [0.4, 0.5) is 10.1 Å². The Bertz CT molecular complexity index is 823. The minimum Gasteiger partial charge on any atom is -0.325 e. The highest BCUT2D eigenvalue weighted by atomic mass is 35.5. The van der Waals surface area contributed by atoms with Crippen LogP contribution in [0.2, 0.25) is 5.02 Å². The van der Waals surface area contributed by atoms with Gasteiger partial charge in [-0.2, -0.15) is 0 Å². The molecule has 0 aliphatic carbocycles. The molecule has 130 valence electrons. The monoisotopic (exact) mass is 360 g/mol. The van der Waals surface area contributed by atoms with E-state index in [1.807, 2.05) is 13.0 Å². The first-order valence-electron chi connectivity index (χ1n) is 8.02. The number of carbonyl (C=O) groups excluding carboxylic acids is 2. The smallest absolute Gasteiger partial charge is 0.254 e. The number of rotatable bonds is 2. The second-order valence-corrected chi connectivity index (χ2v) is 6.54. The number of piperazine rings is 1. The normalized spacial score (nSPS) is 17.8. The summed E-state index contributed by atoms with van der Waals surface area (Å²) in [5, 5.41) is 0.561. The first kappa shape index (κ1) is 17.4. The summed E-state index contributed by atoms with van der Waals surface area (Å²) in [5.74, 6) is -0.836. The third-order valence-electron chi connectivity index (χ3n) is 4.47. The molecule has 0 spiro atoms. The number of halogens is 2. The lowest BCUT2D eigenvalue weighted by atomic mass is 10.1. The van der Waals surface area contributed by atoms with Crippen molar-refractivity contribution in [3.05, 3.63) is 64.4 Å². The Morgan fingerprint density at radius 2 is 1.84 bits per heavy atom. The molecule has 0 saturated carbocycles. The fourth-order valence-electron chi connectivity index (χ4n) is 3.02. The van der Waals surface area contributed by atoms with Gasteiger partial charge in [-0.3, -0.25) is 9.59 Å². The van der Waals surface area contributed by atoms with Gasteiger partial charge >= 0.3 is 0 Å². The van der Waals surface area contributed by atoms with Crippen LogP contribution in [-0.4, -0.2) is 35.8 Å². The summed E-state index contributed by atoms with van der Waals surface area (Å²) in [6.07, 6.45) is 0. The Labute approximate surface area is 150 Å². The first-order valence-corrected chi connectivity index (χ1v) is 8.40. The molecule has 1 fully saturated rings. The van der Waals surface area contributed by atoms with Crippen molar-refractivity contribution in [3.8, 4) is 0 Å². The van der Waals surface area contributed by atoms with Crippen molar-refractivity contribution in [3.63, 3.8) is 0 Å². The molecule has 4 nitrogen and oxygen atoms in total. The van der Waals surface area contributed by atoms with Gasteiger partial charge < -0.3 is 9.80 Å². The van der Waals surface area contributed by atoms with Crippen LogP contribution >= 0.6 is 11.6 Å². The van der Waals surface area contributed by atoms with Gasteiger partial charge in [0.25, 0.3) is 5.91 Å². The van der Waals surface area contributed by atoms with E-state index in [-0.39, 0.29) is 11.8 Å². The molecule has 1 atom stereocenters. The molecule has 3 rings (SSSR count).